The zero-order chi connectivity index (χ0) is 24.8. The molecule has 0 spiro atoms. The van der Waals surface area contributed by atoms with Crippen LogP contribution in [0.25, 0.3) is 11.1 Å². The highest BCUT2D eigenvalue weighted by atomic mass is 32.2. The summed E-state index contributed by atoms with van der Waals surface area (Å²) >= 11 is 0. The largest absolute Gasteiger partial charge is 0.482 e. The van der Waals surface area contributed by atoms with Crippen molar-refractivity contribution in [3.8, 4) is 16.9 Å². The van der Waals surface area contributed by atoms with Gasteiger partial charge >= 0.3 is 5.97 Å². The number of carbonyl (C=O) groups excluding carboxylic acids is 1. The summed E-state index contributed by atoms with van der Waals surface area (Å²) in [5, 5.41) is 0. The molecule has 34 heavy (non-hydrogen) atoms. The van der Waals surface area contributed by atoms with Gasteiger partial charge in [-0.05, 0) is 61.2 Å². The quantitative estimate of drug-likeness (QED) is 0.420. The number of benzene rings is 2. The SMILES string of the molecule is CC(C)(C)OC(=O)COc1cccc(CN(Cc2ccc(-c3cccnc3)cc2)S(C)(=O)=O)c1. The van der Waals surface area contributed by atoms with Gasteiger partial charge in [-0.2, -0.15) is 4.31 Å². The molecule has 0 aliphatic rings. The number of esters is 1. The van der Waals surface area contributed by atoms with Crippen molar-refractivity contribution in [1.29, 1.82) is 0 Å². The molecule has 1 heterocycles. The summed E-state index contributed by atoms with van der Waals surface area (Å²) in [6.45, 7) is 5.55. The summed E-state index contributed by atoms with van der Waals surface area (Å²) in [7, 11) is -3.47. The minimum absolute atomic E-state index is 0.173. The summed E-state index contributed by atoms with van der Waals surface area (Å²) in [5.74, 6) is 0.00281. The molecule has 0 amide bonds. The van der Waals surface area contributed by atoms with E-state index in [0.29, 0.717) is 5.75 Å². The highest BCUT2D eigenvalue weighted by Gasteiger charge is 2.19. The number of pyridine rings is 1. The number of hydrogen-bond donors (Lipinski definition) is 0. The van der Waals surface area contributed by atoms with Crippen LogP contribution in [0.15, 0.2) is 73.1 Å². The zero-order valence-corrected chi connectivity index (χ0v) is 20.7. The fourth-order valence-corrected chi connectivity index (χ4v) is 4.05. The Morgan fingerprint density at radius 2 is 1.65 bits per heavy atom. The maximum absolute atomic E-state index is 12.5. The van der Waals surface area contributed by atoms with Crippen molar-refractivity contribution >= 4 is 16.0 Å². The number of rotatable bonds is 9. The fraction of sp³-hybridized carbons (Fsp3) is 0.308. The Morgan fingerprint density at radius 3 is 2.26 bits per heavy atom. The molecule has 180 valence electrons. The Balaban J connectivity index is 1.68. The zero-order valence-electron chi connectivity index (χ0n) is 19.9. The van der Waals surface area contributed by atoms with Crippen molar-refractivity contribution in [2.75, 3.05) is 12.9 Å². The first-order chi connectivity index (χ1) is 16.0. The van der Waals surface area contributed by atoms with E-state index < -0.39 is 21.6 Å². The average molecular weight is 483 g/mol. The Bertz CT molecular complexity index is 1200. The molecule has 0 atom stereocenters. The van der Waals surface area contributed by atoms with Gasteiger partial charge in [0.15, 0.2) is 6.61 Å². The standard InChI is InChI=1S/C26H30N2O5S/c1-26(2,3)33-25(29)19-32-24-9-5-7-21(15-24)18-28(34(4,30)31)17-20-10-12-22(13-11-20)23-8-6-14-27-16-23/h5-16H,17-19H2,1-4H3. The van der Waals surface area contributed by atoms with Gasteiger partial charge in [0.25, 0.3) is 0 Å². The third kappa shape index (κ3) is 7.97. The third-order valence-corrected chi connectivity index (χ3v) is 6.01. The van der Waals surface area contributed by atoms with Crippen LogP contribution in [0.3, 0.4) is 0 Å². The lowest BCUT2D eigenvalue weighted by atomic mass is 10.1. The lowest BCUT2D eigenvalue weighted by Gasteiger charge is -2.21. The van der Waals surface area contributed by atoms with Crippen LogP contribution < -0.4 is 4.74 Å². The van der Waals surface area contributed by atoms with Gasteiger partial charge < -0.3 is 9.47 Å². The number of sulfonamides is 1. The van der Waals surface area contributed by atoms with Gasteiger partial charge in [0.2, 0.25) is 10.0 Å². The lowest BCUT2D eigenvalue weighted by molar-refractivity contribution is -0.157. The predicted octanol–water partition coefficient (Wildman–Crippen LogP) is 4.43. The summed E-state index contributed by atoms with van der Waals surface area (Å²) in [6.07, 6.45) is 4.70. The van der Waals surface area contributed by atoms with Crippen molar-refractivity contribution in [2.45, 2.75) is 39.5 Å². The van der Waals surface area contributed by atoms with E-state index in [4.69, 9.17) is 9.47 Å². The van der Waals surface area contributed by atoms with Gasteiger partial charge in [-0.25, -0.2) is 13.2 Å². The van der Waals surface area contributed by atoms with Crippen LogP contribution in [-0.4, -0.2) is 42.1 Å². The van der Waals surface area contributed by atoms with Gasteiger partial charge in [0.1, 0.15) is 11.4 Å². The van der Waals surface area contributed by atoms with Crippen molar-refractivity contribution in [1.82, 2.24) is 9.29 Å². The molecule has 0 unspecified atom stereocenters. The number of nitrogens with zero attached hydrogens (tertiary/aromatic N) is 2. The van der Waals surface area contributed by atoms with Crippen LogP contribution in [-0.2, 0) is 32.6 Å². The molecule has 2 aromatic carbocycles. The fourth-order valence-electron chi connectivity index (χ4n) is 3.28. The molecule has 0 bridgehead atoms. The highest BCUT2D eigenvalue weighted by molar-refractivity contribution is 7.88. The number of hydrogen-bond acceptors (Lipinski definition) is 6. The molecule has 0 radical (unpaired) electrons. The summed E-state index contributed by atoms with van der Waals surface area (Å²) < 4.78 is 37.2. The second-order valence-corrected chi connectivity index (χ2v) is 11.0. The maximum atomic E-state index is 12.5. The molecule has 0 saturated heterocycles. The van der Waals surface area contributed by atoms with Crippen molar-refractivity contribution in [3.05, 3.63) is 84.2 Å². The van der Waals surface area contributed by atoms with Gasteiger partial charge in [0.05, 0.1) is 6.26 Å². The van der Waals surface area contributed by atoms with Gasteiger partial charge in [-0.15, -0.1) is 0 Å². The smallest absolute Gasteiger partial charge is 0.344 e. The molecule has 8 heteroatoms. The van der Waals surface area contributed by atoms with Crippen LogP contribution in [0.1, 0.15) is 31.9 Å². The molecule has 0 fully saturated rings. The second kappa shape index (κ2) is 10.8. The average Bonchev–Trinajstić information content (AvgIpc) is 2.77. The first kappa shape index (κ1) is 25.4. The summed E-state index contributed by atoms with van der Waals surface area (Å²) in [4.78, 5) is 16.0. The number of aromatic nitrogens is 1. The topological polar surface area (TPSA) is 85.8 Å². The summed E-state index contributed by atoms with van der Waals surface area (Å²) in [6, 6.07) is 18.6. The molecular formula is C26H30N2O5S. The highest BCUT2D eigenvalue weighted by Crippen LogP contribution is 2.21. The van der Waals surface area contributed by atoms with E-state index in [1.807, 2.05) is 42.5 Å². The van der Waals surface area contributed by atoms with E-state index in [1.54, 1.807) is 51.4 Å². The van der Waals surface area contributed by atoms with E-state index in [1.165, 1.54) is 10.6 Å². The normalized spacial score (nSPS) is 11.9. The Kier molecular flexibility index (Phi) is 8.06. The first-order valence-corrected chi connectivity index (χ1v) is 12.7. The van der Waals surface area contributed by atoms with Gasteiger partial charge in [-0.1, -0.05) is 42.5 Å². The molecule has 0 saturated carbocycles. The van der Waals surface area contributed by atoms with Crippen molar-refractivity contribution < 1.29 is 22.7 Å². The molecule has 3 rings (SSSR count). The maximum Gasteiger partial charge on any atom is 0.344 e. The molecule has 0 aliphatic carbocycles. The van der Waals surface area contributed by atoms with E-state index in [2.05, 4.69) is 4.98 Å². The second-order valence-electron chi connectivity index (χ2n) is 8.99. The van der Waals surface area contributed by atoms with Crippen LogP contribution in [0.2, 0.25) is 0 Å². The van der Waals surface area contributed by atoms with E-state index >= 15 is 0 Å². The van der Waals surface area contributed by atoms with E-state index in [0.717, 1.165) is 22.3 Å². The van der Waals surface area contributed by atoms with Crippen LogP contribution in [0.5, 0.6) is 5.75 Å². The Morgan fingerprint density at radius 1 is 0.941 bits per heavy atom. The summed E-state index contributed by atoms with van der Waals surface area (Å²) in [5.41, 5.74) is 3.04. The molecular weight excluding hydrogens is 452 g/mol. The van der Waals surface area contributed by atoms with Crippen molar-refractivity contribution in [2.24, 2.45) is 0 Å². The minimum atomic E-state index is -3.47. The van der Waals surface area contributed by atoms with E-state index in [9.17, 15) is 13.2 Å². The van der Waals surface area contributed by atoms with E-state index in [-0.39, 0.29) is 19.7 Å². The van der Waals surface area contributed by atoms with Crippen molar-refractivity contribution in [3.63, 3.8) is 0 Å². The minimum Gasteiger partial charge on any atom is -0.482 e. The Hall–Kier alpha value is -3.23. The first-order valence-electron chi connectivity index (χ1n) is 10.9. The van der Waals surface area contributed by atoms with Gasteiger partial charge in [0, 0.05) is 25.5 Å². The van der Waals surface area contributed by atoms with Crippen LogP contribution in [0, 0.1) is 0 Å². The molecule has 0 aliphatic heterocycles. The number of ether oxygens (including phenoxy) is 2. The lowest BCUT2D eigenvalue weighted by Crippen LogP contribution is -2.29. The van der Waals surface area contributed by atoms with Gasteiger partial charge in [-0.3, -0.25) is 4.98 Å². The van der Waals surface area contributed by atoms with Crippen LogP contribution in [0.4, 0.5) is 0 Å². The molecule has 7 nitrogen and oxygen atoms in total. The van der Waals surface area contributed by atoms with Crippen LogP contribution >= 0.6 is 0 Å². The molecule has 3 aromatic rings. The molecule has 0 N–H and O–H groups in total. The monoisotopic (exact) mass is 482 g/mol. The Labute approximate surface area is 201 Å². The predicted molar refractivity (Wildman–Crippen MR) is 132 cm³/mol. The third-order valence-electron chi connectivity index (χ3n) is 4.81. The number of carbonyl (C=O) groups is 1. The molecule has 1 aromatic heterocycles.